The number of nitriles is 1. The van der Waals surface area contributed by atoms with Crippen LogP contribution in [0.25, 0.3) is 0 Å². The van der Waals surface area contributed by atoms with Crippen LogP contribution in [0.2, 0.25) is 0 Å². The van der Waals surface area contributed by atoms with Gasteiger partial charge in [-0.3, -0.25) is 4.79 Å². The molecule has 1 unspecified atom stereocenters. The maximum atomic E-state index is 12.2. The van der Waals surface area contributed by atoms with Crippen molar-refractivity contribution in [1.29, 1.82) is 5.26 Å². The average molecular weight is 319 g/mol. The first kappa shape index (κ1) is 16.1. The third kappa shape index (κ3) is 3.27. The van der Waals surface area contributed by atoms with Crippen LogP contribution in [0.3, 0.4) is 0 Å². The molecule has 2 aliphatic heterocycles. The molecule has 2 heterocycles. The van der Waals surface area contributed by atoms with Crippen molar-refractivity contribution < 1.29 is 9.59 Å². The highest BCUT2D eigenvalue weighted by atomic mass is 16.2. The van der Waals surface area contributed by atoms with E-state index in [-0.39, 0.29) is 18.0 Å². The number of carbonyl (C=O) groups excluding carboxylic acids is 2. The lowest BCUT2D eigenvalue weighted by molar-refractivity contribution is -0.130. The van der Waals surface area contributed by atoms with Gasteiger partial charge in [-0.25, -0.2) is 4.79 Å². The number of nitrogens with zero attached hydrogens (tertiary/aromatic N) is 3. The van der Waals surface area contributed by atoms with Crippen molar-refractivity contribution in [3.8, 4) is 6.07 Å². The molecule has 0 spiro atoms. The van der Waals surface area contributed by atoms with Gasteiger partial charge in [0.15, 0.2) is 0 Å². The third-order valence-electron chi connectivity index (χ3n) is 5.52. The topological polar surface area (TPSA) is 88.5 Å². The largest absolute Gasteiger partial charge is 0.341 e. The molecule has 2 N–H and O–H groups in total. The molecule has 3 rings (SSSR count). The predicted octanol–water partition coefficient (Wildman–Crippen LogP) is 0.140. The number of fused-ring (bicyclic) bond motifs is 1. The molecular weight excluding hydrogens is 294 g/mol. The highest BCUT2D eigenvalue weighted by molar-refractivity contribution is 5.79. The number of nitrogens with one attached hydrogen (secondary N) is 2. The highest BCUT2D eigenvalue weighted by Crippen LogP contribution is 2.38. The fraction of sp³-hybridized carbons (Fsp3) is 0.812. The Morgan fingerprint density at radius 3 is 2.57 bits per heavy atom. The van der Waals surface area contributed by atoms with E-state index >= 15 is 0 Å². The Bertz CT molecular complexity index is 503. The van der Waals surface area contributed by atoms with Gasteiger partial charge in [-0.2, -0.15) is 5.26 Å². The van der Waals surface area contributed by atoms with E-state index < -0.39 is 0 Å². The molecule has 3 amide bonds. The van der Waals surface area contributed by atoms with Gasteiger partial charge in [0, 0.05) is 32.7 Å². The fourth-order valence-electron chi connectivity index (χ4n) is 4.32. The lowest BCUT2D eigenvalue weighted by Crippen LogP contribution is -2.43. The van der Waals surface area contributed by atoms with Crippen LogP contribution in [0.15, 0.2) is 0 Å². The zero-order valence-corrected chi connectivity index (χ0v) is 13.6. The number of amides is 3. The Morgan fingerprint density at radius 2 is 1.96 bits per heavy atom. The monoisotopic (exact) mass is 319 g/mol. The van der Waals surface area contributed by atoms with Gasteiger partial charge >= 0.3 is 6.03 Å². The summed E-state index contributed by atoms with van der Waals surface area (Å²) in [4.78, 5) is 27.5. The van der Waals surface area contributed by atoms with Gasteiger partial charge in [0.1, 0.15) is 6.04 Å². The van der Waals surface area contributed by atoms with Gasteiger partial charge < -0.3 is 20.4 Å². The zero-order chi connectivity index (χ0) is 16.4. The third-order valence-corrected chi connectivity index (χ3v) is 5.52. The Labute approximate surface area is 137 Å². The summed E-state index contributed by atoms with van der Waals surface area (Å²) < 4.78 is 0. The number of likely N-dealkylation sites (tertiary alicyclic amines) is 2. The Hall–Kier alpha value is -1.81. The van der Waals surface area contributed by atoms with E-state index in [9.17, 15) is 9.59 Å². The van der Waals surface area contributed by atoms with E-state index in [1.165, 1.54) is 0 Å². The summed E-state index contributed by atoms with van der Waals surface area (Å²) in [6.07, 6.45) is 3.76. The molecule has 126 valence electrons. The molecule has 3 fully saturated rings. The summed E-state index contributed by atoms with van der Waals surface area (Å²) in [5, 5.41) is 15.1. The van der Waals surface area contributed by atoms with Crippen LogP contribution in [-0.2, 0) is 4.79 Å². The van der Waals surface area contributed by atoms with E-state index in [1.807, 2.05) is 4.90 Å². The van der Waals surface area contributed by atoms with Crippen LogP contribution < -0.4 is 10.6 Å². The van der Waals surface area contributed by atoms with E-state index in [4.69, 9.17) is 5.26 Å². The summed E-state index contributed by atoms with van der Waals surface area (Å²) in [5.74, 6) is 1.12. The maximum absolute atomic E-state index is 12.2. The number of hydrogen-bond donors (Lipinski definition) is 2. The van der Waals surface area contributed by atoms with Gasteiger partial charge in [-0.05, 0) is 37.5 Å². The second kappa shape index (κ2) is 6.75. The Morgan fingerprint density at radius 1 is 1.26 bits per heavy atom. The molecular formula is C16H25N5O2. The molecule has 0 bridgehead atoms. The second-order valence-electron chi connectivity index (χ2n) is 6.90. The van der Waals surface area contributed by atoms with Crippen molar-refractivity contribution in [1.82, 2.24) is 20.4 Å². The van der Waals surface area contributed by atoms with Gasteiger partial charge in [0.05, 0.1) is 12.6 Å². The van der Waals surface area contributed by atoms with Crippen molar-refractivity contribution in [2.24, 2.45) is 11.8 Å². The molecule has 3 aliphatic rings. The van der Waals surface area contributed by atoms with Gasteiger partial charge in [0.2, 0.25) is 5.91 Å². The maximum Gasteiger partial charge on any atom is 0.317 e. The van der Waals surface area contributed by atoms with E-state index in [2.05, 4.69) is 16.7 Å². The standard InChI is InChI=1S/C16H25N5O2/c1-18-16(23)20-9-11-5-13(6-12(11)10-20)19-8-15(22)21-4-2-3-14(21)7-17/h11-14,19H,2-6,8-10H2,1H3,(H,18,23)/t11-,12+,13?,14-/m0/s1. The first-order valence-electron chi connectivity index (χ1n) is 8.51. The summed E-state index contributed by atoms with van der Waals surface area (Å²) >= 11 is 0. The van der Waals surface area contributed by atoms with Crippen molar-refractivity contribution >= 4 is 11.9 Å². The SMILES string of the molecule is CNC(=O)N1C[C@H]2CC(NCC(=O)N3CCC[C@H]3C#N)C[C@H]2C1. The summed E-state index contributed by atoms with van der Waals surface area (Å²) in [6, 6.07) is 2.33. The minimum atomic E-state index is -0.242. The Balaban J connectivity index is 1.43. The lowest BCUT2D eigenvalue weighted by Gasteiger charge is -2.22. The average Bonchev–Trinajstić information content (AvgIpc) is 3.24. The predicted molar refractivity (Wildman–Crippen MR) is 84.4 cm³/mol. The smallest absolute Gasteiger partial charge is 0.317 e. The van der Waals surface area contributed by atoms with Crippen LogP contribution in [-0.4, -0.2) is 67.0 Å². The quantitative estimate of drug-likeness (QED) is 0.774. The molecule has 1 aliphatic carbocycles. The summed E-state index contributed by atoms with van der Waals surface area (Å²) in [7, 11) is 1.67. The molecule has 4 atom stereocenters. The van der Waals surface area contributed by atoms with Crippen molar-refractivity contribution in [3.63, 3.8) is 0 Å². The fourth-order valence-corrected chi connectivity index (χ4v) is 4.32. The van der Waals surface area contributed by atoms with Crippen molar-refractivity contribution in [2.45, 2.75) is 37.8 Å². The minimum Gasteiger partial charge on any atom is -0.341 e. The summed E-state index contributed by atoms with van der Waals surface area (Å²) in [6.45, 7) is 2.66. The first-order valence-corrected chi connectivity index (χ1v) is 8.51. The molecule has 23 heavy (non-hydrogen) atoms. The van der Waals surface area contributed by atoms with E-state index in [0.29, 0.717) is 31.0 Å². The van der Waals surface area contributed by atoms with Crippen molar-refractivity contribution in [3.05, 3.63) is 0 Å². The molecule has 0 radical (unpaired) electrons. The van der Waals surface area contributed by atoms with Gasteiger partial charge in [0.25, 0.3) is 0 Å². The number of rotatable bonds is 3. The number of urea groups is 1. The molecule has 0 aromatic heterocycles. The molecule has 7 nitrogen and oxygen atoms in total. The molecule has 2 saturated heterocycles. The summed E-state index contributed by atoms with van der Waals surface area (Å²) in [5.41, 5.74) is 0. The lowest BCUT2D eigenvalue weighted by atomic mass is 10.0. The number of carbonyl (C=O) groups is 2. The first-order chi connectivity index (χ1) is 11.1. The molecule has 1 saturated carbocycles. The van der Waals surface area contributed by atoms with Crippen LogP contribution in [0.4, 0.5) is 4.79 Å². The van der Waals surface area contributed by atoms with E-state index in [1.54, 1.807) is 11.9 Å². The number of hydrogen-bond acceptors (Lipinski definition) is 4. The molecule has 0 aromatic carbocycles. The van der Waals surface area contributed by atoms with E-state index in [0.717, 1.165) is 38.8 Å². The second-order valence-corrected chi connectivity index (χ2v) is 6.90. The van der Waals surface area contributed by atoms with Crippen LogP contribution in [0.5, 0.6) is 0 Å². The zero-order valence-electron chi connectivity index (χ0n) is 13.6. The van der Waals surface area contributed by atoms with Gasteiger partial charge in [-0.1, -0.05) is 0 Å². The normalized spacial score (nSPS) is 32.7. The molecule has 7 heteroatoms. The van der Waals surface area contributed by atoms with Crippen molar-refractivity contribution in [2.75, 3.05) is 33.2 Å². The molecule has 0 aromatic rings. The van der Waals surface area contributed by atoms with Crippen LogP contribution >= 0.6 is 0 Å². The highest BCUT2D eigenvalue weighted by Gasteiger charge is 2.42. The van der Waals surface area contributed by atoms with Gasteiger partial charge in [-0.15, -0.1) is 0 Å². The Kier molecular flexibility index (Phi) is 4.71. The van der Waals surface area contributed by atoms with Crippen LogP contribution in [0.1, 0.15) is 25.7 Å². The minimum absolute atomic E-state index is 0.00988. The van der Waals surface area contributed by atoms with Crippen LogP contribution in [0, 0.1) is 23.2 Å².